The lowest BCUT2D eigenvalue weighted by atomic mass is 9.74. The van der Waals surface area contributed by atoms with E-state index in [-0.39, 0.29) is 11.3 Å². The van der Waals surface area contributed by atoms with Crippen LogP contribution >= 0.6 is 0 Å². The molecule has 4 aromatic carbocycles. The molecule has 182 valence electrons. The predicted molar refractivity (Wildman–Crippen MR) is 148 cm³/mol. The molecular weight excluding hydrogens is 440 g/mol. The second-order valence-electron chi connectivity index (χ2n) is 10.7. The maximum atomic E-state index is 13.4. The molecular formula is C33H34N2O. The maximum absolute atomic E-state index is 13.4. The van der Waals surface area contributed by atoms with Crippen molar-refractivity contribution in [1.29, 1.82) is 0 Å². The number of amides is 1. The number of nitrogens with zero attached hydrogens (tertiary/aromatic N) is 2. The van der Waals surface area contributed by atoms with Crippen LogP contribution in [0.1, 0.15) is 41.5 Å². The second-order valence-corrected chi connectivity index (χ2v) is 10.7. The number of likely N-dealkylation sites (tertiary alicyclic amines) is 1. The topological polar surface area (TPSA) is 23.6 Å². The lowest BCUT2D eigenvalue weighted by molar-refractivity contribution is -0.118. The summed E-state index contributed by atoms with van der Waals surface area (Å²) >= 11 is 0. The number of carbonyl (C=O) groups excluding carboxylic acids is 1. The first-order valence-corrected chi connectivity index (χ1v) is 13.3. The highest BCUT2D eigenvalue weighted by molar-refractivity contribution is 5.96. The van der Waals surface area contributed by atoms with Crippen LogP contribution in [-0.2, 0) is 23.2 Å². The fourth-order valence-electron chi connectivity index (χ4n) is 6.20. The van der Waals surface area contributed by atoms with E-state index < -0.39 is 0 Å². The molecule has 0 unspecified atom stereocenters. The van der Waals surface area contributed by atoms with Crippen molar-refractivity contribution in [3.05, 3.63) is 113 Å². The van der Waals surface area contributed by atoms with Crippen molar-refractivity contribution in [1.82, 2.24) is 4.90 Å². The highest BCUT2D eigenvalue weighted by Gasteiger charge is 2.46. The molecule has 1 saturated heterocycles. The summed E-state index contributed by atoms with van der Waals surface area (Å²) in [4.78, 5) is 18.1. The van der Waals surface area contributed by atoms with E-state index in [1.165, 1.54) is 33.0 Å². The summed E-state index contributed by atoms with van der Waals surface area (Å²) in [5.41, 5.74) is 6.49. The van der Waals surface area contributed by atoms with Gasteiger partial charge in [-0.05, 0) is 78.9 Å². The Morgan fingerprint density at radius 1 is 0.806 bits per heavy atom. The molecule has 0 saturated carbocycles. The second kappa shape index (κ2) is 9.55. The van der Waals surface area contributed by atoms with Gasteiger partial charge in [-0.15, -0.1) is 0 Å². The van der Waals surface area contributed by atoms with Crippen LogP contribution in [-0.4, -0.2) is 30.4 Å². The van der Waals surface area contributed by atoms with E-state index in [0.29, 0.717) is 6.42 Å². The van der Waals surface area contributed by atoms with Gasteiger partial charge in [0, 0.05) is 30.6 Å². The Hall–Kier alpha value is -3.43. The van der Waals surface area contributed by atoms with E-state index in [9.17, 15) is 4.79 Å². The van der Waals surface area contributed by atoms with Gasteiger partial charge in [0.25, 0.3) is 0 Å². The highest BCUT2D eigenvalue weighted by Crippen LogP contribution is 2.47. The Balaban J connectivity index is 1.16. The fraction of sp³-hybridized carbons (Fsp3) is 0.303. The zero-order valence-corrected chi connectivity index (χ0v) is 21.1. The molecule has 0 aromatic heterocycles. The average Bonchev–Trinajstić information content (AvgIpc) is 3.22. The van der Waals surface area contributed by atoms with Gasteiger partial charge in [-0.1, -0.05) is 84.4 Å². The third-order valence-corrected chi connectivity index (χ3v) is 8.28. The fourth-order valence-corrected chi connectivity index (χ4v) is 6.20. The van der Waals surface area contributed by atoms with Crippen molar-refractivity contribution in [2.75, 3.05) is 24.5 Å². The van der Waals surface area contributed by atoms with E-state index in [2.05, 4.69) is 102 Å². The Bertz CT molecular complexity index is 1390. The molecule has 0 aliphatic carbocycles. The first kappa shape index (κ1) is 23.0. The number of rotatable bonds is 5. The zero-order valence-electron chi connectivity index (χ0n) is 21.1. The number of hydrogen-bond donors (Lipinski definition) is 0. The third-order valence-electron chi connectivity index (χ3n) is 8.28. The molecule has 2 aliphatic heterocycles. The van der Waals surface area contributed by atoms with Crippen LogP contribution in [0.3, 0.4) is 0 Å². The quantitative estimate of drug-likeness (QED) is 0.323. The Labute approximate surface area is 214 Å². The summed E-state index contributed by atoms with van der Waals surface area (Å²) < 4.78 is 0. The molecule has 6 rings (SSSR count). The van der Waals surface area contributed by atoms with Gasteiger partial charge in [0.1, 0.15) is 0 Å². The molecule has 4 aromatic rings. The van der Waals surface area contributed by atoms with Crippen LogP contribution in [0.15, 0.2) is 91.0 Å². The van der Waals surface area contributed by atoms with Crippen LogP contribution < -0.4 is 4.90 Å². The van der Waals surface area contributed by atoms with Crippen LogP contribution in [0.2, 0.25) is 0 Å². The lowest BCUT2D eigenvalue weighted by Crippen LogP contribution is -2.45. The molecule has 0 N–H and O–H groups in total. The molecule has 0 bridgehead atoms. The first-order chi connectivity index (χ1) is 17.6. The summed E-state index contributed by atoms with van der Waals surface area (Å²) in [6.45, 7) is 6.10. The Kier molecular flexibility index (Phi) is 6.10. The Morgan fingerprint density at radius 3 is 2.36 bits per heavy atom. The van der Waals surface area contributed by atoms with Gasteiger partial charge in [-0.25, -0.2) is 0 Å². The number of fused-ring (bicyclic) bond motifs is 3. The van der Waals surface area contributed by atoms with Crippen molar-refractivity contribution in [2.45, 2.75) is 44.6 Å². The number of aryl methyl sites for hydroxylation is 2. The minimum atomic E-state index is 0.0731. The van der Waals surface area contributed by atoms with Crippen LogP contribution in [0.4, 0.5) is 5.69 Å². The summed E-state index contributed by atoms with van der Waals surface area (Å²) in [5.74, 6) is 0.249. The maximum Gasteiger partial charge on any atom is 0.227 e. The third kappa shape index (κ3) is 4.44. The average molecular weight is 475 g/mol. The Morgan fingerprint density at radius 2 is 1.56 bits per heavy atom. The standard InChI is InChI=1S/C33H34N2O/c1-25-11-15-31-30(21-25)33(24-35(31)32(36)16-13-26-7-3-2-4-8-26)17-19-34(20-18-33)23-27-12-14-28-9-5-6-10-29(28)22-27/h2-12,14-15,21-22H,13,16-20,23-24H2,1H3. The van der Waals surface area contributed by atoms with Gasteiger partial charge < -0.3 is 4.90 Å². The monoisotopic (exact) mass is 474 g/mol. The number of benzene rings is 4. The number of carbonyl (C=O) groups is 1. The zero-order chi connectivity index (χ0) is 24.5. The molecule has 1 amide bonds. The minimum Gasteiger partial charge on any atom is -0.311 e. The SMILES string of the molecule is Cc1ccc2c(c1)C1(CCN(Cc3ccc4ccccc4c3)CC1)CN2C(=O)CCc1ccccc1. The summed E-state index contributed by atoms with van der Waals surface area (Å²) in [5, 5.41) is 2.61. The molecule has 3 heteroatoms. The van der Waals surface area contributed by atoms with Crippen molar-refractivity contribution in [3.63, 3.8) is 0 Å². The van der Waals surface area contributed by atoms with Crippen molar-refractivity contribution < 1.29 is 4.79 Å². The van der Waals surface area contributed by atoms with Crippen LogP contribution in [0.5, 0.6) is 0 Å². The normalized spacial score (nSPS) is 17.0. The van der Waals surface area contributed by atoms with Gasteiger partial charge >= 0.3 is 0 Å². The molecule has 1 fully saturated rings. The molecule has 0 radical (unpaired) electrons. The summed E-state index contributed by atoms with van der Waals surface area (Å²) in [7, 11) is 0. The van der Waals surface area contributed by atoms with Crippen molar-refractivity contribution in [3.8, 4) is 0 Å². The van der Waals surface area contributed by atoms with Crippen molar-refractivity contribution >= 4 is 22.4 Å². The van der Waals surface area contributed by atoms with E-state index in [1.54, 1.807) is 0 Å². The largest absolute Gasteiger partial charge is 0.311 e. The molecule has 36 heavy (non-hydrogen) atoms. The molecule has 3 nitrogen and oxygen atoms in total. The smallest absolute Gasteiger partial charge is 0.227 e. The molecule has 2 aliphatic rings. The minimum absolute atomic E-state index is 0.0731. The molecule has 0 atom stereocenters. The van der Waals surface area contributed by atoms with E-state index >= 15 is 0 Å². The highest BCUT2D eigenvalue weighted by atomic mass is 16.2. The van der Waals surface area contributed by atoms with Crippen LogP contribution in [0.25, 0.3) is 10.8 Å². The number of hydrogen-bond acceptors (Lipinski definition) is 2. The molecule has 1 spiro atoms. The van der Waals surface area contributed by atoms with Gasteiger partial charge in [0.15, 0.2) is 0 Å². The molecule has 2 heterocycles. The lowest BCUT2D eigenvalue weighted by Gasteiger charge is -2.40. The van der Waals surface area contributed by atoms with Crippen molar-refractivity contribution in [2.24, 2.45) is 0 Å². The summed E-state index contributed by atoms with van der Waals surface area (Å²) in [6, 6.07) is 32.5. The first-order valence-electron chi connectivity index (χ1n) is 13.3. The number of anilines is 1. The van der Waals surface area contributed by atoms with E-state index in [4.69, 9.17) is 0 Å². The van der Waals surface area contributed by atoms with E-state index in [1.807, 2.05) is 6.07 Å². The van der Waals surface area contributed by atoms with Gasteiger partial charge in [-0.2, -0.15) is 0 Å². The van der Waals surface area contributed by atoms with E-state index in [0.717, 1.165) is 51.1 Å². The van der Waals surface area contributed by atoms with Gasteiger partial charge in [0.05, 0.1) is 0 Å². The summed E-state index contributed by atoms with van der Waals surface area (Å²) in [6.07, 6.45) is 3.55. The van der Waals surface area contributed by atoms with Crippen LogP contribution in [0, 0.1) is 6.92 Å². The predicted octanol–water partition coefficient (Wildman–Crippen LogP) is 6.66. The van der Waals surface area contributed by atoms with Gasteiger partial charge in [-0.3, -0.25) is 9.69 Å². The number of piperidine rings is 1. The van der Waals surface area contributed by atoms with Gasteiger partial charge in [0.2, 0.25) is 5.91 Å².